The molecule has 0 spiro atoms. The molecule has 2 aliphatic rings. The van der Waals surface area contributed by atoms with Crippen LogP contribution in [0.2, 0.25) is 6.32 Å². The number of nitrogens with one attached hydrogen (secondary N) is 1. The molecule has 1 saturated carbocycles. The molecule has 2 heterocycles. The quantitative estimate of drug-likeness (QED) is 0.327. The zero-order chi connectivity index (χ0) is 28.0. The van der Waals surface area contributed by atoms with E-state index in [-0.39, 0.29) is 43.1 Å². The van der Waals surface area contributed by atoms with Crippen LogP contribution in [0.4, 0.5) is 18.9 Å². The van der Waals surface area contributed by atoms with Gasteiger partial charge < -0.3 is 34.7 Å². The van der Waals surface area contributed by atoms with E-state index in [1.807, 2.05) is 0 Å². The monoisotopic (exact) mass is 536 g/mol. The number of aliphatic hydroxyl groups excluding tert-OH is 3. The molecule has 0 bridgehead atoms. The molecule has 206 valence electrons. The molecule has 8 nitrogen and oxygen atoms in total. The summed E-state index contributed by atoms with van der Waals surface area (Å²) < 4.78 is 52.9. The molecule has 4 rings (SSSR count). The van der Waals surface area contributed by atoms with Crippen molar-refractivity contribution in [2.45, 2.75) is 70.7 Å². The van der Waals surface area contributed by atoms with E-state index in [1.54, 1.807) is 24.5 Å². The zero-order valence-corrected chi connectivity index (χ0v) is 21.6. The molecule has 1 aromatic carbocycles. The highest BCUT2D eigenvalue weighted by Crippen LogP contribution is 2.56. The van der Waals surface area contributed by atoms with Crippen molar-refractivity contribution < 1.29 is 42.8 Å². The van der Waals surface area contributed by atoms with Gasteiger partial charge in [0.15, 0.2) is 0 Å². The minimum Gasteiger partial charge on any atom is -0.401 e. The van der Waals surface area contributed by atoms with Crippen LogP contribution in [0.5, 0.6) is 0 Å². The Bertz CT molecular complexity index is 1260. The van der Waals surface area contributed by atoms with E-state index >= 15 is 4.39 Å². The van der Waals surface area contributed by atoms with Crippen molar-refractivity contribution in [1.29, 1.82) is 0 Å². The predicted molar refractivity (Wildman–Crippen MR) is 134 cm³/mol. The fraction of sp³-hybridized carbons (Fsp3) is 0.577. The number of hydrogen-bond donors (Lipinski definition) is 4. The summed E-state index contributed by atoms with van der Waals surface area (Å²) in [5.41, 5.74) is -0.735. The number of aliphatic hydroxyl groups is 3. The summed E-state index contributed by atoms with van der Waals surface area (Å²) in [4.78, 5) is 13.4. The van der Waals surface area contributed by atoms with E-state index in [0.29, 0.717) is 29.4 Å². The number of amides is 1. The van der Waals surface area contributed by atoms with Gasteiger partial charge >= 0.3 is 6.29 Å². The summed E-state index contributed by atoms with van der Waals surface area (Å²) in [6.45, 7) is 4.20. The van der Waals surface area contributed by atoms with Gasteiger partial charge in [0, 0.05) is 29.0 Å². The number of halogens is 3. The molecule has 1 aliphatic carbocycles. The molecule has 2 radical (unpaired) electrons. The van der Waals surface area contributed by atoms with E-state index in [1.165, 1.54) is 19.1 Å². The molecule has 1 amide bonds. The summed E-state index contributed by atoms with van der Waals surface area (Å²) in [7, 11) is 5.93. The molecule has 12 heteroatoms. The van der Waals surface area contributed by atoms with Crippen LogP contribution in [0.3, 0.4) is 0 Å². The molecule has 1 aliphatic heterocycles. The highest BCUT2D eigenvalue weighted by molar-refractivity contribution is 6.09. The number of aromatic nitrogens is 1. The lowest BCUT2D eigenvalue weighted by molar-refractivity contribution is -0.337. The first kappa shape index (κ1) is 28.3. The van der Waals surface area contributed by atoms with Crippen molar-refractivity contribution in [2.24, 2.45) is 11.3 Å². The second-order valence-electron chi connectivity index (χ2n) is 10.8. The van der Waals surface area contributed by atoms with Crippen LogP contribution in [0.1, 0.15) is 45.7 Å². The summed E-state index contributed by atoms with van der Waals surface area (Å²) in [6, 6.07) is 4.44. The fourth-order valence-electron chi connectivity index (χ4n) is 5.07. The number of carbonyl (C=O) groups excluding carboxylic acids is 1. The SMILES string of the molecule is [B]CC(CC1=C(C)OC(F)(F)O1)C1(C(=O)Nc2cc3cc(C(C)(C)CO)n(C[C@@H](O)CO)c3cc2F)CC1. The Labute approximate surface area is 219 Å². The van der Waals surface area contributed by atoms with Crippen molar-refractivity contribution in [2.75, 3.05) is 18.5 Å². The molecule has 1 aromatic heterocycles. The maximum Gasteiger partial charge on any atom is 0.585 e. The van der Waals surface area contributed by atoms with E-state index in [9.17, 15) is 28.9 Å². The second-order valence-corrected chi connectivity index (χ2v) is 10.8. The Morgan fingerprint density at radius 1 is 1.24 bits per heavy atom. The largest absolute Gasteiger partial charge is 0.585 e. The van der Waals surface area contributed by atoms with E-state index < -0.39 is 47.5 Å². The number of hydrogen-bond acceptors (Lipinski definition) is 6. The first-order valence-corrected chi connectivity index (χ1v) is 12.5. The minimum absolute atomic E-state index is 0.0225. The van der Waals surface area contributed by atoms with Crippen LogP contribution in [-0.4, -0.2) is 59.3 Å². The van der Waals surface area contributed by atoms with Crippen LogP contribution in [0.15, 0.2) is 29.7 Å². The van der Waals surface area contributed by atoms with Gasteiger partial charge in [0.1, 0.15) is 17.3 Å². The van der Waals surface area contributed by atoms with Crippen LogP contribution in [-0.2, 0) is 26.2 Å². The smallest absolute Gasteiger partial charge is 0.401 e. The normalized spacial score (nSPS) is 19.7. The molecule has 2 atom stereocenters. The van der Waals surface area contributed by atoms with Gasteiger partial charge in [-0.1, -0.05) is 20.2 Å². The third-order valence-corrected chi connectivity index (χ3v) is 7.58. The van der Waals surface area contributed by atoms with Crippen LogP contribution in [0, 0.1) is 17.2 Å². The average Bonchev–Trinajstić information content (AvgIpc) is 3.52. The number of benzene rings is 1. The standard InChI is InChI=1S/C26H32BF3N2O6/c1-14-21(38-26(29,30)37-14)8-16(10-27)25(4-5-25)23(36)31-19-6-15-7-22(24(2,3)13-34)32(11-17(35)12-33)20(15)9-18(19)28/h6-7,9,16-17,33-35H,4-5,8,10-13H2,1-3H3,(H,31,36)/t16?,17-/m1/s1. The number of anilines is 1. The third-order valence-electron chi connectivity index (χ3n) is 7.58. The van der Waals surface area contributed by atoms with Gasteiger partial charge in [0.2, 0.25) is 5.91 Å². The number of nitrogens with zero attached hydrogens (tertiary/aromatic N) is 1. The summed E-state index contributed by atoms with van der Waals surface area (Å²) in [6.07, 6.45) is -3.95. The van der Waals surface area contributed by atoms with Crippen LogP contribution in [0.25, 0.3) is 10.9 Å². The Morgan fingerprint density at radius 2 is 1.92 bits per heavy atom. The first-order valence-electron chi connectivity index (χ1n) is 12.5. The van der Waals surface area contributed by atoms with Gasteiger partial charge in [-0.15, -0.1) is 8.78 Å². The van der Waals surface area contributed by atoms with Gasteiger partial charge in [0.05, 0.1) is 50.3 Å². The van der Waals surface area contributed by atoms with Gasteiger partial charge in [-0.25, -0.2) is 4.39 Å². The Balaban J connectivity index is 1.62. The van der Waals surface area contributed by atoms with E-state index in [4.69, 9.17) is 7.85 Å². The molecule has 0 saturated heterocycles. The Kier molecular flexibility index (Phi) is 7.54. The Morgan fingerprint density at radius 3 is 2.45 bits per heavy atom. The Hall–Kier alpha value is -2.70. The van der Waals surface area contributed by atoms with E-state index in [0.717, 1.165) is 0 Å². The van der Waals surface area contributed by atoms with Crippen molar-refractivity contribution in [3.63, 3.8) is 0 Å². The molecule has 4 N–H and O–H groups in total. The van der Waals surface area contributed by atoms with E-state index in [2.05, 4.69) is 14.8 Å². The fourth-order valence-corrected chi connectivity index (χ4v) is 5.07. The minimum atomic E-state index is -3.76. The van der Waals surface area contributed by atoms with Crippen molar-refractivity contribution in [3.8, 4) is 0 Å². The highest BCUT2D eigenvalue weighted by atomic mass is 19.3. The van der Waals surface area contributed by atoms with Crippen molar-refractivity contribution in [1.82, 2.24) is 4.57 Å². The van der Waals surface area contributed by atoms with Gasteiger partial charge in [0.25, 0.3) is 0 Å². The second kappa shape index (κ2) is 10.1. The lowest BCUT2D eigenvalue weighted by atomic mass is 9.76. The van der Waals surface area contributed by atoms with Crippen molar-refractivity contribution >= 4 is 30.3 Å². The average molecular weight is 536 g/mol. The summed E-state index contributed by atoms with van der Waals surface area (Å²) in [5.74, 6) is -1.86. The number of rotatable bonds is 11. The van der Waals surface area contributed by atoms with Gasteiger partial charge in [-0.2, -0.15) is 0 Å². The predicted octanol–water partition coefficient (Wildman–Crippen LogP) is 3.54. The number of ether oxygens (including phenoxy) is 2. The number of alkyl halides is 2. The first-order chi connectivity index (χ1) is 17.8. The van der Waals surface area contributed by atoms with Crippen molar-refractivity contribution in [3.05, 3.63) is 41.2 Å². The lowest BCUT2D eigenvalue weighted by Gasteiger charge is -2.26. The highest BCUT2D eigenvalue weighted by Gasteiger charge is 2.56. The zero-order valence-electron chi connectivity index (χ0n) is 21.6. The maximum atomic E-state index is 15.3. The molecular weight excluding hydrogens is 504 g/mol. The topological polar surface area (TPSA) is 113 Å². The van der Waals surface area contributed by atoms with Gasteiger partial charge in [-0.05, 0) is 37.8 Å². The van der Waals surface area contributed by atoms with Crippen LogP contribution >= 0.6 is 0 Å². The van der Waals surface area contributed by atoms with Gasteiger partial charge in [-0.3, -0.25) is 4.79 Å². The molecule has 38 heavy (non-hydrogen) atoms. The number of carbonyl (C=O) groups is 1. The summed E-state index contributed by atoms with van der Waals surface area (Å²) >= 11 is 0. The third kappa shape index (κ3) is 5.26. The molecule has 1 fully saturated rings. The molecule has 1 unspecified atom stereocenters. The molecule has 2 aromatic rings. The lowest BCUT2D eigenvalue weighted by Crippen LogP contribution is -2.32. The maximum absolute atomic E-state index is 15.3. The number of allylic oxidation sites excluding steroid dienone is 2. The number of fused-ring (bicyclic) bond motifs is 1. The molecular formula is C26H32BF3N2O6. The van der Waals surface area contributed by atoms with Crippen LogP contribution < -0.4 is 5.32 Å². The summed E-state index contributed by atoms with van der Waals surface area (Å²) in [5, 5.41) is 32.5.